The van der Waals surface area contributed by atoms with Gasteiger partial charge in [-0.15, -0.1) is 0 Å². The standard InChI is InChI=1S/C13H21ClN2O/c1-15-8-4-5-9-16(2)13-7-6-11(17-3)10-12(13)14/h6-7,10,15H,4-5,8-9H2,1-3H3. The van der Waals surface area contributed by atoms with E-state index in [1.807, 2.05) is 25.2 Å². The summed E-state index contributed by atoms with van der Waals surface area (Å²) in [4.78, 5) is 2.18. The molecule has 4 heteroatoms. The van der Waals surface area contributed by atoms with Crippen LogP contribution in [0.5, 0.6) is 5.75 Å². The third kappa shape index (κ3) is 4.44. The molecular formula is C13H21ClN2O. The van der Waals surface area contributed by atoms with Gasteiger partial charge >= 0.3 is 0 Å². The van der Waals surface area contributed by atoms with Crippen molar-refractivity contribution in [2.45, 2.75) is 12.8 Å². The van der Waals surface area contributed by atoms with Crippen molar-refractivity contribution in [1.82, 2.24) is 5.32 Å². The van der Waals surface area contributed by atoms with E-state index < -0.39 is 0 Å². The highest BCUT2D eigenvalue weighted by molar-refractivity contribution is 6.33. The fourth-order valence-corrected chi connectivity index (χ4v) is 2.01. The van der Waals surface area contributed by atoms with Gasteiger partial charge in [0.05, 0.1) is 17.8 Å². The highest BCUT2D eigenvalue weighted by atomic mass is 35.5. The molecule has 0 unspecified atom stereocenters. The normalized spacial score (nSPS) is 10.4. The summed E-state index contributed by atoms with van der Waals surface area (Å²) < 4.78 is 5.13. The summed E-state index contributed by atoms with van der Waals surface area (Å²) in [5, 5.41) is 3.88. The van der Waals surface area contributed by atoms with Gasteiger partial charge in [0.2, 0.25) is 0 Å². The van der Waals surface area contributed by atoms with Crippen LogP contribution in [0.4, 0.5) is 5.69 Å². The van der Waals surface area contributed by atoms with Gasteiger partial charge in [-0.1, -0.05) is 11.6 Å². The number of hydrogen-bond donors (Lipinski definition) is 1. The Hall–Kier alpha value is -0.930. The highest BCUT2D eigenvalue weighted by Crippen LogP contribution is 2.29. The van der Waals surface area contributed by atoms with E-state index in [1.54, 1.807) is 7.11 Å². The van der Waals surface area contributed by atoms with E-state index in [9.17, 15) is 0 Å². The van der Waals surface area contributed by atoms with E-state index in [1.165, 1.54) is 6.42 Å². The number of nitrogens with one attached hydrogen (secondary N) is 1. The lowest BCUT2D eigenvalue weighted by Gasteiger charge is -2.20. The number of ether oxygens (including phenoxy) is 1. The molecule has 0 radical (unpaired) electrons. The van der Waals surface area contributed by atoms with Crippen LogP contribution in [0, 0.1) is 0 Å². The van der Waals surface area contributed by atoms with E-state index in [4.69, 9.17) is 16.3 Å². The largest absolute Gasteiger partial charge is 0.497 e. The van der Waals surface area contributed by atoms with Crippen molar-refractivity contribution in [3.05, 3.63) is 23.2 Å². The summed E-state index contributed by atoms with van der Waals surface area (Å²) in [5.74, 6) is 0.794. The lowest BCUT2D eigenvalue weighted by Crippen LogP contribution is -2.20. The first-order valence-electron chi connectivity index (χ1n) is 5.88. The van der Waals surface area contributed by atoms with Crippen LogP contribution in [0.3, 0.4) is 0 Å². The van der Waals surface area contributed by atoms with Gasteiger partial charge in [0.15, 0.2) is 0 Å². The first-order valence-corrected chi connectivity index (χ1v) is 6.26. The summed E-state index contributed by atoms with van der Waals surface area (Å²) in [7, 11) is 5.68. The molecule has 0 amide bonds. The summed E-state index contributed by atoms with van der Waals surface area (Å²) in [5.41, 5.74) is 1.05. The molecule has 0 saturated carbocycles. The van der Waals surface area contributed by atoms with Crippen LogP contribution in [0.25, 0.3) is 0 Å². The SMILES string of the molecule is CNCCCCN(C)c1ccc(OC)cc1Cl. The molecule has 3 nitrogen and oxygen atoms in total. The van der Waals surface area contributed by atoms with Crippen molar-refractivity contribution < 1.29 is 4.74 Å². The first kappa shape index (κ1) is 14.1. The average Bonchev–Trinajstić information content (AvgIpc) is 2.34. The number of benzene rings is 1. The van der Waals surface area contributed by atoms with Crippen molar-refractivity contribution in [1.29, 1.82) is 0 Å². The van der Waals surface area contributed by atoms with E-state index in [-0.39, 0.29) is 0 Å². The lowest BCUT2D eigenvalue weighted by molar-refractivity contribution is 0.415. The van der Waals surface area contributed by atoms with Crippen LogP contribution in [-0.2, 0) is 0 Å². The summed E-state index contributed by atoms with van der Waals surface area (Å²) >= 11 is 6.21. The minimum atomic E-state index is 0.737. The summed E-state index contributed by atoms with van der Waals surface area (Å²) in [6.07, 6.45) is 2.33. The minimum absolute atomic E-state index is 0.737. The molecule has 0 aliphatic carbocycles. The van der Waals surface area contributed by atoms with Crippen LogP contribution in [0.2, 0.25) is 5.02 Å². The molecule has 1 aromatic rings. The van der Waals surface area contributed by atoms with Gasteiger partial charge in [-0.25, -0.2) is 0 Å². The highest BCUT2D eigenvalue weighted by Gasteiger charge is 2.06. The predicted molar refractivity (Wildman–Crippen MR) is 74.4 cm³/mol. The first-order chi connectivity index (χ1) is 8.19. The average molecular weight is 257 g/mol. The maximum Gasteiger partial charge on any atom is 0.120 e. The van der Waals surface area contributed by atoms with Crippen LogP contribution in [0.1, 0.15) is 12.8 Å². The van der Waals surface area contributed by atoms with Gasteiger partial charge in [-0.2, -0.15) is 0 Å². The molecule has 0 bridgehead atoms. The van der Waals surface area contributed by atoms with Crippen LogP contribution in [-0.4, -0.2) is 34.3 Å². The van der Waals surface area contributed by atoms with Gasteiger partial charge in [0, 0.05) is 19.7 Å². The van der Waals surface area contributed by atoms with Gasteiger partial charge in [0.25, 0.3) is 0 Å². The fourth-order valence-electron chi connectivity index (χ4n) is 1.70. The Morgan fingerprint density at radius 3 is 2.71 bits per heavy atom. The summed E-state index contributed by atoms with van der Waals surface area (Å²) in [6, 6.07) is 5.78. The Balaban J connectivity index is 2.53. The third-order valence-corrected chi connectivity index (χ3v) is 3.04. The number of hydrogen-bond acceptors (Lipinski definition) is 3. The summed E-state index contributed by atoms with van der Waals surface area (Å²) in [6.45, 7) is 2.07. The minimum Gasteiger partial charge on any atom is -0.497 e. The zero-order chi connectivity index (χ0) is 12.7. The van der Waals surface area contributed by atoms with Crippen molar-refractivity contribution in [3.8, 4) is 5.75 Å². The predicted octanol–water partition coefficient (Wildman–Crippen LogP) is 2.78. The lowest BCUT2D eigenvalue weighted by atomic mass is 10.2. The molecule has 1 rings (SSSR count). The number of halogens is 1. The molecule has 0 heterocycles. The second-order valence-electron chi connectivity index (χ2n) is 4.05. The molecule has 0 aliphatic heterocycles. The number of anilines is 1. The van der Waals surface area contributed by atoms with Crippen molar-refractivity contribution in [2.75, 3.05) is 39.2 Å². The van der Waals surface area contributed by atoms with Crippen LogP contribution < -0.4 is 15.0 Å². The molecular weight excluding hydrogens is 236 g/mol. The van der Waals surface area contributed by atoms with Crippen molar-refractivity contribution >= 4 is 17.3 Å². The second kappa shape index (κ2) is 7.41. The molecule has 0 saturated heterocycles. The number of rotatable bonds is 7. The quantitative estimate of drug-likeness (QED) is 0.760. The topological polar surface area (TPSA) is 24.5 Å². The zero-order valence-corrected chi connectivity index (χ0v) is 11.5. The molecule has 1 aromatic carbocycles. The molecule has 0 aromatic heterocycles. The Morgan fingerprint density at radius 2 is 2.12 bits per heavy atom. The smallest absolute Gasteiger partial charge is 0.120 e. The molecule has 1 N–H and O–H groups in total. The Kier molecular flexibility index (Phi) is 6.16. The molecule has 0 aliphatic rings. The Bertz CT molecular complexity index is 344. The molecule has 0 atom stereocenters. The van der Waals surface area contributed by atoms with Crippen molar-refractivity contribution in [3.63, 3.8) is 0 Å². The Labute approximate surface area is 109 Å². The number of methoxy groups -OCH3 is 1. The van der Waals surface area contributed by atoms with E-state index in [2.05, 4.69) is 17.3 Å². The second-order valence-corrected chi connectivity index (χ2v) is 4.46. The monoisotopic (exact) mass is 256 g/mol. The van der Waals surface area contributed by atoms with Gasteiger partial charge in [0.1, 0.15) is 5.75 Å². The van der Waals surface area contributed by atoms with Crippen molar-refractivity contribution in [2.24, 2.45) is 0 Å². The fraction of sp³-hybridized carbons (Fsp3) is 0.538. The third-order valence-electron chi connectivity index (χ3n) is 2.74. The van der Waals surface area contributed by atoms with E-state index in [0.29, 0.717) is 0 Å². The maximum atomic E-state index is 6.21. The molecule has 0 spiro atoms. The molecule has 17 heavy (non-hydrogen) atoms. The van der Waals surface area contributed by atoms with Gasteiger partial charge in [-0.3, -0.25) is 0 Å². The molecule has 0 fully saturated rings. The van der Waals surface area contributed by atoms with Crippen LogP contribution in [0.15, 0.2) is 18.2 Å². The zero-order valence-electron chi connectivity index (χ0n) is 10.8. The maximum absolute atomic E-state index is 6.21. The number of nitrogens with zero attached hydrogens (tertiary/aromatic N) is 1. The van der Waals surface area contributed by atoms with Gasteiger partial charge < -0.3 is 15.0 Å². The van der Waals surface area contributed by atoms with Crippen LogP contribution >= 0.6 is 11.6 Å². The van der Waals surface area contributed by atoms with E-state index in [0.717, 1.165) is 36.0 Å². The Morgan fingerprint density at radius 1 is 1.35 bits per heavy atom. The number of unbranched alkanes of at least 4 members (excludes halogenated alkanes) is 1. The van der Waals surface area contributed by atoms with E-state index >= 15 is 0 Å². The van der Waals surface area contributed by atoms with Gasteiger partial charge in [-0.05, 0) is 38.6 Å². The molecule has 96 valence electrons.